The molecule has 0 unspecified atom stereocenters. The second-order valence-electron chi connectivity index (χ2n) is 3.67. The molecule has 0 atom stereocenters. The Hall–Kier alpha value is -0.790. The SMILES string of the molecule is C.C/C=C/C(=O)OCC(C)(C)C. The molecule has 0 N–H and O–H groups in total. The van der Waals surface area contributed by atoms with E-state index in [1.807, 2.05) is 20.8 Å². The molecule has 0 aliphatic carbocycles. The molecule has 72 valence electrons. The van der Waals surface area contributed by atoms with E-state index in [0.29, 0.717) is 6.61 Å². The van der Waals surface area contributed by atoms with Crippen LogP contribution in [0.1, 0.15) is 35.1 Å². The molecular formula is C10H20O2. The fourth-order valence-corrected chi connectivity index (χ4v) is 0.472. The van der Waals surface area contributed by atoms with E-state index in [4.69, 9.17) is 4.74 Å². The third-order valence-corrected chi connectivity index (χ3v) is 0.950. The first-order chi connectivity index (χ1) is 4.95. The maximum absolute atomic E-state index is 10.8. The topological polar surface area (TPSA) is 26.3 Å². The Bertz CT molecular complexity index is 152. The Morgan fingerprint density at radius 3 is 2.25 bits per heavy atom. The molecule has 0 aromatic rings. The first-order valence-electron chi connectivity index (χ1n) is 3.75. The predicted molar refractivity (Wildman–Crippen MR) is 52.0 cm³/mol. The highest BCUT2D eigenvalue weighted by Crippen LogP contribution is 2.12. The lowest BCUT2D eigenvalue weighted by Crippen LogP contribution is -2.17. The molecule has 0 aliphatic rings. The molecule has 2 nitrogen and oxygen atoms in total. The molecule has 0 saturated carbocycles. The summed E-state index contributed by atoms with van der Waals surface area (Å²) in [5.74, 6) is -0.262. The minimum atomic E-state index is -0.262. The average Bonchev–Trinajstić information content (AvgIpc) is 1.83. The summed E-state index contributed by atoms with van der Waals surface area (Å²) in [5, 5.41) is 0. The van der Waals surface area contributed by atoms with Crippen LogP contribution in [-0.2, 0) is 9.53 Å². The van der Waals surface area contributed by atoms with Gasteiger partial charge in [0.25, 0.3) is 0 Å². The van der Waals surface area contributed by atoms with Crippen LogP contribution in [0, 0.1) is 5.41 Å². The first-order valence-corrected chi connectivity index (χ1v) is 3.75. The van der Waals surface area contributed by atoms with Gasteiger partial charge in [-0.1, -0.05) is 34.3 Å². The van der Waals surface area contributed by atoms with Gasteiger partial charge in [-0.2, -0.15) is 0 Å². The van der Waals surface area contributed by atoms with E-state index in [-0.39, 0.29) is 18.8 Å². The summed E-state index contributed by atoms with van der Waals surface area (Å²) in [6.07, 6.45) is 3.09. The third kappa shape index (κ3) is 9.21. The van der Waals surface area contributed by atoms with Gasteiger partial charge in [-0.05, 0) is 12.3 Å². The highest BCUT2D eigenvalue weighted by Gasteiger charge is 2.11. The Labute approximate surface area is 75.6 Å². The lowest BCUT2D eigenvalue weighted by Gasteiger charge is -2.16. The highest BCUT2D eigenvalue weighted by molar-refractivity contribution is 5.81. The van der Waals surface area contributed by atoms with Crippen molar-refractivity contribution in [3.8, 4) is 0 Å². The first kappa shape index (κ1) is 13.8. The van der Waals surface area contributed by atoms with Crippen LogP contribution in [-0.4, -0.2) is 12.6 Å². The van der Waals surface area contributed by atoms with Crippen LogP contribution >= 0.6 is 0 Å². The Kier molecular flexibility index (Phi) is 6.67. The second kappa shape index (κ2) is 5.81. The van der Waals surface area contributed by atoms with Gasteiger partial charge in [-0.25, -0.2) is 4.79 Å². The van der Waals surface area contributed by atoms with Crippen molar-refractivity contribution in [3.05, 3.63) is 12.2 Å². The Balaban J connectivity index is 0. The molecule has 0 aromatic heterocycles. The molecule has 12 heavy (non-hydrogen) atoms. The molecule has 0 amide bonds. The van der Waals surface area contributed by atoms with Crippen molar-refractivity contribution in [2.24, 2.45) is 5.41 Å². The molecule has 0 heterocycles. The van der Waals surface area contributed by atoms with Gasteiger partial charge < -0.3 is 4.74 Å². The zero-order valence-corrected chi connectivity index (χ0v) is 7.68. The van der Waals surface area contributed by atoms with Gasteiger partial charge >= 0.3 is 5.97 Å². The van der Waals surface area contributed by atoms with Gasteiger partial charge in [-0.3, -0.25) is 0 Å². The Morgan fingerprint density at radius 1 is 1.42 bits per heavy atom. The normalized spacial score (nSPS) is 11.0. The number of hydrogen-bond donors (Lipinski definition) is 0. The summed E-state index contributed by atoms with van der Waals surface area (Å²) in [7, 11) is 0. The zero-order valence-electron chi connectivity index (χ0n) is 7.68. The van der Waals surface area contributed by atoms with E-state index >= 15 is 0 Å². The van der Waals surface area contributed by atoms with Crippen LogP contribution in [0.5, 0.6) is 0 Å². The largest absolute Gasteiger partial charge is 0.462 e. The minimum absolute atomic E-state index is 0. The van der Waals surface area contributed by atoms with Crippen molar-refractivity contribution in [3.63, 3.8) is 0 Å². The molecule has 0 saturated heterocycles. The van der Waals surface area contributed by atoms with Gasteiger partial charge in [0, 0.05) is 6.08 Å². The lowest BCUT2D eigenvalue weighted by atomic mass is 9.99. The molecule has 0 rings (SSSR count). The predicted octanol–water partition coefficient (Wildman–Crippen LogP) is 2.79. The number of carbonyl (C=O) groups is 1. The molecule has 0 fully saturated rings. The fraction of sp³-hybridized carbons (Fsp3) is 0.700. The summed E-state index contributed by atoms with van der Waals surface area (Å²) < 4.78 is 4.92. The molecule has 0 bridgehead atoms. The summed E-state index contributed by atoms with van der Waals surface area (Å²) in [5.41, 5.74) is 0.0528. The van der Waals surface area contributed by atoms with Crippen LogP contribution in [0.4, 0.5) is 0 Å². The smallest absolute Gasteiger partial charge is 0.330 e. The molecule has 0 aliphatic heterocycles. The average molecular weight is 172 g/mol. The summed E-state index contributed by atoms with van der Waals surface area (Å²) in [6.45, 7) is 8.33. The van der Waals surface area contributed by atoms with Crippen molar-refractivity contribution in [1.82, 2.24) is 0 Å². The number of carbonyl (C=O) groups excluding carboxylic acids is 1. The van der Waals surface area contributed by atoms with Crippen molar-refractivity contribution in [2.45, 2.75) is 35.1 Å². The Morgan fingerprint density at radius 2 is 1.92 bits per heavy atom. The van der Waals surface area contributed by atoms with Crippen molar-refractivity contribution < 1.29 is 9.53 Å². The number of rotatable bonds is 2. The quantitative estimate of drug-likeness (QED) is 0.473. The molecule has 0 spiro atoms. The van der Waals surface area contributed by atoms with Gasteiger partial charge in [0.2, 0.25) is 0 Å². The summed E-state index contributed by atoms with van der Waals surface area (Å²) in [4.78, 5) is 10.8. The fourth-order valence-electron chi connectivity index (χ4n) is 0.472. The number of ether oxygens (including phenoxy) is 1. The van der Waals surface area contributed by atoms with E-state index in [0.717, 1.165) is 0 Å². The molecule has 2 heteroatoms. The van der Waals surface area contributed by atoms with Gasteiger partial charge in [0.1, 0.15) is 0 Å². The van der Waals surface area contributed by atoms with E-state index in [9.17, 15) is 4.79 Å². The standard InChI is InChI=1S/C9H16O2.CH4/c1-5-6-8(10)11-7-9(2,3)4;/h5-6H,7H2,1-4H3;1H4/b6-5+;. The van der Waals surface area contributed by atoms with Crippen LogP contribution in [0.15, 0.2) is 12.2 Å². The maximum Gasteiger partial charge on any atom is 0.330 e. The van der Waals surface area contributed by atoms with E-state index in [1.165, 1.54) is 6.08 Å². The minimum Gasteiger partial charge on any atom is -0.462 e. The number of hydrogen-bond acceptors (Lipinski definition) is 2. The summed E-state index contributed by atoms with van der Waals surface area (Å²) >= 11 is 0. The van der Waals surface area contributed by atoms with E-state index < -0.39 is 0 Å². The van der Waals surface area contributed by atoms with E-state index in [2.05, 4.69) is 0 Å². The second-order valence-corrected chi connectivity index (χ2v) is 3.67. The lowest BCUT2D eigenvalue weighted by molar-refractivity contribution is -0.140. The monoisotopic (exact) mass is 172 g/mol. The maximum atomic E-state index is 10.8. The molecular weight excluding hydrogens is 152 g/mol. The third-order valence-electron chi connectivity index (χ3n) is 0.950. The van der Waals surface area contributed by atoms with Gasteiger partial charge in [-0.15, -0.1) is 0 Å². The zero-order chi connectivity index (χ0) is 8.91. The number of allylic oxidation sites excluding steroid dienone is 1. The number of esters is 1. The van der Waals surface area contributed by atoms with Gasteiger partial charge in [0.15, 0.2) is 0 Å². The van der Waals surface area contributed by atoms with Crippen LogP contribution in [0.3, 0.4) is 0 Å². The van der Waals surface area contributed by atoms with Crippen LogP contribution in [0.25, 0.3) is 0 Å². The van der Waals surface area contributed by atoms with Crippen molar-refractivity contribution in [1.29, 1.82) is 0 Å². The van der Waals surface area contributed by atoms with E-state index in [1.54, 1.807) is 13.0 Å². The van der Waals surface area contributed by atoms with Crippen LogP contribution < -0.4 is 0 Å². The van der Waals surface area contributed by atoms with Crippen molar-refractivity contribution >= 4 is 5.97 Å². The van der Waals surface area contributed by atoms with Crippen molar-refractivity contribution in [2.75, 3.05) is 6.61 Å². The molecule has 0 radical (unpaired) electrons. The molecule has 0 aromatic carbocycles. The highest BCUT2D eigenvalue weighted by atomic mass is 16.5. The van der Waals surface area contributed by atoms with Gasteiger partial charge in [0.05, 0.1) is 6.61 Å². The van der Waals surface area contributed by atoms with Crippen LogP contribution in [0.2, 0.25) is 0 Å². The summed E-state index contributed by atoms with van der Waals surface area (Å²) in [6, 6.07) is 0.